The van der Waals surface area contributed by atoms with Crippen molar-refractivity contribution in [3.05, 3.63) is 0 Å². The molecule has 15 heavy (non-hydrogen) atoms. The molecule has 2 rings (SSSR count). The summed E-state index contributed by atoms with van der Waals surface area (Å²) in [7, 11) is 0. The standard InChI is InChI=1S/C11H19NO3/c1-8-2-5-12(10(8)11(13)14)9-3-6-15-7-4-9/h8-10H,2-7H2,1H3,(H,13,14). The minimum Gasteiger partial charge on any atom is -0.480 e. The van der Waals surface area contributed by atoms with Crippen molar-refractivity contribution in [3.63, 3.8) is 0 Å². The summed E-state index contributed by atoms with van der Waals surface area (Å²) in [6.07, 6.45) is 2.97. The maximum absolute atomic E-state index is 11.2. The Morgan fingerprint density at radius 2 is 2.00 bits per heavy atom. The van der Waals surface area contributed by atoms with Gasteiger partial charge in [0.1, 0.15) is 6.04 Å². The summed E-state index contributed by atoms with van der Waals surface area (Å²) in [4.78, 5) is 13.4. The second-order valence-corrected chi connectivity index (χ2v) is 4.63. The summed E-state index contributed by atoms with van der Waals surface area (Å²) < 4.78 is 5.31. The van der Waals surface area contributed by atoms with Crippen LogP contribution in [0.15, 0.2) is 0 Å². The highest BCUT2D eigenvalue weighted by molar-refractivity contribution is 5.74. The Bertz CT molecular complexity index is 238. The quantitative estimate of drug-likeness (QED) is 0.742. The van der Waals surface area contributed by atoms with E-state index in [-0.39, 0.29) is 12.0 Å². The third-order valence-electron chi connectivity index (χ3n) is 3.65. The number of carboxylic acids is 1. The minimum absolute atomic E-state index is 0.270. The van der Waals surface area contributed by atoms with Crippen LogP contribution < -0.4 is 0 Å². The Balaban J connectivity index is 2.03. The van der Waals surface area contributed by atoms with E-state index in [1.165, 1.54) is 0 Å². The minimum atomic E-state index is -0.661. The van der Waals surface area contributed by atoms with Crippen LogP contribution >= 0.6 is 0 Å². The van der Waals surface area contributed by atoms with Gasteiger partial charge >= 0.3 is 5.97 Å². The molecule has 2 aliphatic heterocycles. The molecule has 4 heteroatoms. The molecule has 2 fully saturated rings. The fourth-order valence-electron chi connectivity index (χ4n) is 2.79. The summed E-state index contributed by atoms with van der Waals surface area (Å²) in [5.74, 6) is -0.378. The third kappa shape index (κ3) is 2.16. The van der Waals surface area contributed by atoms with Gasteiger partial charge in [-0.05, 0) is 31.7 Å². The Morgan fingerprint density at radius 1 is 1.33 bits per heavy atom. The number of ether oxygens (including phenoxy) is 1. The van der Waals surface area contributed by atoms with Crippen LogP contribution in [0.25, 0.3) is 0 Å². The zero-order valence-electron chi connectivity index (χ0n) is 9.19. The van der Waals surface area contributed by atoms with Crippen LogP contribution in [0, 0.1) is 5.92 Å². The van der Waals surface area contributed by atoms with E-state index in [4.69, 9.17) is 4.74 Å². The first-order chi connectivity index (χ1) is 7.20. The number of hydrogen-bond acceptors (Lipinski definition) is 3. The molecule has 0 aromatic rings. The van der Waals surface area contributed by atoms with Crippen molar-refractivity contribution in [1.82, 2.24) is 4.90 Å². The van der Waals surface area contributed by atoms with Crippen molar-refractivity contribution in [2.45, 2.75) is 38.3 Å². The van der Waals surface area contributed by atoms with E-state index in [0.717, 1.165) is 39.0 Å². The molecule has 2 aliphatic rings. The van der Waals surface area contributed by atoms with Gasteiger partial charge in [0.15, 0.2) is 0 Å². The molecule has 1 N–H and O–H groups in total. The molecule has 0 bridgehead atoms. The van der Waals surface area contributed by atoms with E-state index < -0.39 is 5.97 Å². The van der Waals surface area contributed by atoms with Crippen LogP contribution in [0.1, 0.15) is 26.2 Å². The smallest absolute Gasteiger partial charge is 0.321 e. The number of carbonyl (C=O) groups is 1. The highest BCUT2D eigenvalue weighted by Gasteiger charge is 2.40. The lowest BCUT2D eigenvalue weighted by Crippen LogP contribution is -2.47. The van der Waals surface area contributed by atoms with Gasteiger partial charge < -0.3 is 9.84 Å². The van der Waals surface area contributed by atoms with E-state index >= 15 is 0 Å². The predicted octanol–water partition coefficient (Wildman–Crippen LogP) is 0.960. The number of aliphatic carboxylic acids is 1. The first kappa shape index (κ1) is 10.9. The molecule has 2 unspecified atom stereocenters. The number of carboxylic acid groups (broad SMARTS) is 1. The van der Waals surface area contributed by atoms with Crippen molar-refractivity contribution < 1.29 is 14.6 Å². The Morgan fingerprint density at radius 3 is 2.60 bits per heavy atom. The van der Waals surface area contributed by atoms with Crippen LogP contribution in [-0.4, -0.2) is 47.8 Å². The first-order valence-electron chi connectivity index (χ1n) is 5.76. The molecular weight excluding hydrogens is 194 g/mol. The van der Waals surface area contributed by atoms with Crippen LogP contribution in [-0.2, 0) is 9.53 Å². The summed E-state index contributed by atoms with van der Waals surface area (Å²) in [5, 5.41) is 9.21. The molecular formula is C11H19NO3. The zero-order chi connectivity index (χ0) is 10.8. The molecule has 2 heterocycles. The Labute approximate surface area is 90.2 Å². The van der Waals surface area contributed by atoms with Crippen LogP contribution in [0.2, 0.25) is 0 Å². The molecule has 0 aromatic carbocycles. The second kappa shape index (κ2) is 4.49. The lowest BCUT2D eigenvalue weighted by molar-refractivity contribution is -0.145. The van der Waals surface area contributed by atoms with Crippen molar-refractivity contribution in [2.75, 3.05) is 19.8 Å². The number of rotatable bonds is 2. The molecule has 0 aromatic heterocycles. The van der Waals surface area contributed by atoms with E-state index in [9.17, 15) is 9.90 Å². The molecule has 86 valence electrons. The van der Waals surface area contributed by atoms with Gasteiger partial charge in [0.05, 0.1) is 0 Å². The van der Waals surface area contributed by atoms with Gasteiger partial charge in [0, 0.05) is 19.3 Å². The molecule has 0 amide bonds. The lowest BCUT2D eigenvalue weighted by Gasteiger charge is -2.34. The van der Waals surface area contributed by atoms with Gasteiger partial charge in [-0.1, -0.05) is 6.92 Å². The molecule has 4 nitrogen and oxygen atoms in total. The largest absolute Gasteiger partial charge is 0.480 e. The SMILES string of the molecule is CC1CCN(C2CCOCC2)C1C(=O)O. The molecule has 0 saturated carbocycles. The predicted molar refractivity (Wildman–Crippen MR) is 55.8 cm³/mol. The van der Waals surface area contributed by atoms with Gasteiger partial charge in [-0.2, -0.15) is 0 Å². The van der Waals surface area contributed by atoms with Gasteiger partial charge in [0.2, 0.25) is 0 Å². The van der Waals surface area contributed by atoms with Crippen LogP contribution in [0.5, 0.6) is 0 Å². The molecule has 2 saturated heterocycles. The summed E-state index contributed by atoms with van der Waals surface area (Å²) in [6.45, 7) is 4.53. The van der Waals surface area contributed by atoms with Crippen molar-refractivity contribution in [1.29, 1.82) is 0 Å². The van der Waals surface area contributed by atoms with Crippen LogP contribution in [0.4, 0.5) is 0 Å². The Hall–Kier alpha value is -0.610. The summed E-state index contributed by atoms with van der Waals surface area (Å²) in [5.41, 5.74) is 0. The highest BCUT2D eigenvalue weighted by Crippen LogP contribution is 2.29. The number of nitrogens with zero attached hydrogens (tertiary/aromatic N) is 1. The van der Waals surface area contributed by atoms with Gasteiger partial charge in [-0.25, -0.2) is 0 Å². The summed E-state index contributed by atoms with van der Waals surface area (Å²) >= 11 is 0. The first-order valence-corrected chi connectivity index (χ1v) is 5.76. The molecule has 0 radical (unpaired) electrons. The van der Waals surface area contributed by atoms with E-state index in [1.807, 2.05) is 6.92 Å². The average molecular weight is 213 g/mol. The third-order valence-corrected chi connectivity index (χ3v) is 3.65. The van der Waals surface area contributed by atoms with Gasteiger partial charge in [-0.15, -0.1) is 0 Å². The Kier molecular flexibility index (Phi) is 3.26. The highest BCUT2D eigenvalue weighted by atomic mass is 16.5. The maximum Gasteiger partial charge on any atom is 0.321 e. The van der Waals surface area contributed by atoms with E-state index in [1.54, 1.807) is 0 Å². The second-order valence-electron chi connectivity index (χ2n) is 4.63. The number of likely N-dealkylation sites (tertiary alicyclic amines) is 1. The molecule has 2 atom stereocenters. The fraction of sp³-hybridized carbons (Fsp3) is 0.909. The monoisotopic (exact) mass is 213 g/mol. The topological polar surface area (TPSA) is 49.8 Å². The van der Waals surface area contributed by atoms with Crippen LogP contribution in [0.3, 0.4) is 0 Å². The van der Waals surface area contributed by atoms with Crippen molar-refractivity contribution in [2.24, 2.45) is 5.92 Å². The normalized spacial score (nSPS) is 34.5. The lowest BCUT2D eigenvalue weighted by atomic mass is 10.0. The van der Waals surface area contributed by atoms with Gasteiger partial charge in [-0.3, -0.25) is 9.69 Å². The zero-order valence-corrected chi connectivity index (χ0v) is 9.19. The van der Waals surface area contributed by atoms with Gasteiger partial charge in [0.25, 0.3) is 0 Å². The average Bonchev–Trinajstić information content (AvgIpc) is 2.61. The van der Waals surface area contributed by atoms with E-state index in [0.29, 0.717) is 6.04 Å². The van der Waals surface area contributed by atoms with E-state index in [2.05, 4.69) is 4.90 Å². The molecule has 0 spiro atoms. The summed E-state index contributed by atoms with van der Waals surface area (Å²) in [6, 6.07) is 0.151. The fourth-order valence-corrected chi connectivity index (χ4v) is 2.79. The molecule has 0 aliphatic carbocycles. The number of hydrogen-bond donors (Lipinski definition) is 1. The van der Waals surface area contributed by atoms with Crippen molar-refractivity contribution >= 4 is 5.97 Å². The maximum atomic E-state index is 11.2. The van der Waals surface area contributed by atoms with Crippen molar-refractivity contribution in [3.8, 4) is 0 Å².